The van der Waals surface area contributed by atoms with Crippen LogP contribution in [0.3, 0.4) is 0 Å². The molecule has 8 nitrogen and oxygen atoms in total. The number of carbonyl (C=O) groups is 1. The number of fused-ring (bicyclic) bond motifs is 1. The van der Waals surface area contributed by atoms with E-state index in [1.807, 2.05) is 13.8 Å². The first kappa shape index (κ1) is 26.1. The van der Waals surface area contributed by atoms with Gasteiger partial charge in [0.2, 0.25) is 0 Å². The summed E-state index contributed by atoms with van der Waals surface area (Å²) in [5.74, 6) is -1.56. The molecule has 2 aliphatic rings. The highest BCUT2D eigenvalue weighted by atomic mass is 19.4. The summed E-state index contributed by atoms with van der Waals surface area (Å²) in [6.45, 7) is 5.87. The number of morpholine rings is 1. The summed E-state index contributed by atoms with van der Waals surface area (Å²) in [6, 6.07) is 2.12. The minimum Gasteiger partial charge on any atom is -0.372 e. The molecule has 3 aromatic rings. The maximum atomic E-state index is 15.2. The number of ether oxygens (including phenoxy) is 1. The Balaban J connectivity index is 1.49. The van der Waals surface area contributed by atoms with Gasteiger partial charge in [-0.15, -0.1) is 0 Å². The summed E-state index contributed by atoms with van der Waals surface area (Å²) >= 11 is 0. The van der Waals surface area contributed by atoms with Crippen molar-refractivity contribution in [2.45, 2.75) is 58.0 Å². The first-order valence-corrected chi connectivity index (χ1v) is 12.4. The van der Waals surface area contributed by atoms with Crippen molar-refractivity contribution in [3.63, 3.8) is 0 Å². The summed E-state index contributed by atoms with van der Waals surface area (Å²) in [4.78, 5) is 37.6. The zero-order chi connectivity index (χ0) is 27.4. The minimum absolute atomic E-state index is 0.00870. The van der Waals surface area contributed by atoms with Crippen molar-refractivity contribution in [3.05, 3.63) is 63.1 Å². The molecule has 202 valence electrons. The van der Waals surface area contributed by atoms with Gasteiger partial charge in [0.1, 0.15) is 5.82 Å². The average molecular weight is 534 g/mol. The van der Waals surface area contributed by atoms with Gasteiger partial charge in [0.25, 0.3) is 11.5 Å². The monoisotopic (exact) mass is 533 g/mol. The lowest BCUT2D eigenvalue weighted by atomic mass is 9.94. The Morgan fingerprint density at radius 2 is 1.87 bits per heavy atom. The molecule has 1 saturated heterocycles. The second kappa shape index (κ2) is 9.64. The van der Waals surface area contributed by atoms with Crippen LogP contribution in [0.15, 0.2) is 29.2 Å². The number of aromatic amines is 1. The van der Waals surface area contributed by atoms with Crippen molar-refractivity contribution in [2.24, 2.45) is 5.92 Å². The number of nitrogens with zero attached hydrogens (tertiary/aromatic N) is 3. The number of hydrogen-bond donors (Lipinski definition) is 2. The Kier molecular flexibility index (Phi) is 6.62. The molecule has 0 radical (unpaired) electrons. The van der Waals surface area contributed by atoms with Gasteiger partial charge in [-0.25, -0.2) is 14.4 Å². The molecule has 2 aromatic heterocycles. The second-order valence-corrected chi connectivity index (χ2v) is 10.1. The number of pyridine rings is 1. The smallest absolute Gasteiger partial charge is 0.372 e. The van der Waals surface area contributed by atoms with Gasteiger partial charge in [-0.3, -0.25) is 9.59 Å². The van der Waals surface area contributed by atoms with Gasteiger partial charge in [-0.05, 0) is 63.3 Å². The van der Waals surface area contributed by atoms with Crippen molar-refractivity contribution in [1.82, 2.24) is 19.9 Å². The molecule has 1 saturated carbocycles. The summed E-state index contributed by atoms with van der Waals surface area (Å²) in [6.07, 6.45) is -2.60. The van der Waals surface area contributed by atoms with E-state index in [1.165, 1.54) is 19.2 Å². The number of nitrogens with one attached hydrogen (secondary N) is 2. The molecule has 12 heteroatoms. The number of hydrogen-bond acceptors (Lipinski definition) is 6. The Morgan fingerprint density at radius 1 is 1.18 bits per heavy atom. The van der Waals surface area contributed by atoms with Crippen LogP contribution in [0.5, 0.6) is 0 Å². The van der Waals surface area contributed by atoms with Gasteiger partial charge in [-0.1, -0.05) is 0 Å². The van der Waals surface area contributed by atoms with Crippen LogP contribution in [0, 0.1) is 18.7 Å². The third-order valence-electron chi connectivity index (χ3n) is 6.82. The summed E-state index contributed by atoms with van der Waals surface area (Å²) < 4.78 is 63.2. The van der Waals surface area contributed by atoms with Gasteiger partial charge in [-0.2, -0.15) is 13.2 Å². The molecule has 1 aromatic carbocycles. The number of H-pyrrole nitrogens is 1. The highest BCUT2D eigenvalue weighted by Gasteiger charge is 2.41. The van der Waals surface area contributed by atoms with Crippen molar-refractivity contribution >= 4 is 22.6 Å². The van der Waals surface area contributed by atoms with Gasteiger partial charge in [0.05, 0.1) is 40.3 Å². The van der Waals surface area contributed by atoms with E-state index in [0.29, 0.717) is 25.9 Å². The largest absolute Gasteiger partial charge is 0.416 e. The van der Waals surface area contributed by atoms with Crippen LogP contribution in [-0.4, -0.2) is 51.1 Å². The van der Waals surface area contributed by atoms with Crippen molar-refractivity contribution in [2.75, 3.05) is 18.4 Å². The quantitative estimate of drug-likeness (QED) is 0.465. The SMILES string of the molecule is Cc1nc2cc(C(F)(F)F)c([C@H](Nc3ncc(C(=O)N4C[C@@H](C)O[C@@H](C)C4)cc3F)C3CC3)cc2c(=O)[nH]1. The molecule has 2 fully saturated rings. The van der Waals surface area contributed by atoms with Crippen LogP contribution in [0.25, 0.3) is 10.9 Å². The molecule has 3 atom stereocenters. The Hall–Kier alpha value is -3.54. The molecule has 2 N–H and O–H groups in total. The highest BCUT2D eigenvalue weighted by Crippen LogP contribution is 2.47. The van der Waals surface area contributed by atoms with Crippen LogP contribution in [0.1, 0.15) is 60.0 Å². The summed E-state index contributed by atoms with van der Waals surface area (Å²) in [7, 11) is 0. The number of alkyl halides is 3. The third-order valence-corrected chi connectivity index (χ3v) is 6.82. The third kappa shape index (κ3) is 5.22. The fraction of sp³-hybridized carbons (Fsp3) is 0.462. The van der Waals surface area contributed by atoms with E-state index < -0.39 is 35.1 Å². The van der Waals surface area contributed by atoms with E-state index in [2.05, 4.69) is 20.3 Å². The van der Waals surface area contributed by atoms with Crippen LogP contribution < -0.4 is 10.9 Å². The number of rotatable bonds is 5. The lowest BCUT2D eigenvalue weighted by molar-refractivity contribution is -0.138. The number of anilines is 1. The number of aryl methyl sites for hydroxylation is 1. The van der Waals surface area contributed by atoms with E-state index in [9.17, 15) is 22.8 Å². The number of amides is 1. The standard InChI is InChI=1S/C26H27F4N5O3/c1-12-10-35(11-13(2)38-12)25(37)16-6-20(27)23(31-9-16)34-22(15-4-5-15)17-7-18-21(8-19(17)26(28,29)30)32-14(3)33-24(18)36/h6-9,12-13,15,22H,4-5,10-11H2,1-3H3,(H,31,34)(H,32,33,36)/t12-,13+,22-/m1/s1. The number of benzene rings is 1. The number of halogens is 4. The van der Waals surface area contributed by atoms with Crippen LogP contribution in [0.2, 0.25) is 0 Å². The summed E-state index contributed by atoms with van der Waals surface area (Å²) in [5, 5.41) is 2.84. The van der Waals surface area contributed by atoms with Crippen molar-refractivity contribution < 1.29 is 27.1 Å². The van der Waals surface area contributed by atoms with Crippen molar-refractivity contribution in [1.29, 1.82) is 0 Å². The van der Waals surface area contributed by atoms with Crippen LogP contribution in [0.4, 0.5) is 23.4 Å². The van der Waals surface area contributed by atoms with E-state index in [0.717, 1.165) is 12.1 Å². The fourth-order valence-electron chi connectivity index (χ4n) is 5.04. The molecule has 5 rings (SSSR count). The van der Waals surface area contributed by atoms with E-state index in [-0.39, 0.29) is 51.8 Å². The zero-order valence-electron chi connectivity index (χ0n) is 21.0. The molecule has 1 amide bonds. The van der Waals surface area contributed by atoms with Gasteiger partial charge >= 0.3 is 6.18 Å². The van der Waals surface area contributed by atoms with Crippen LogP contribution >= 0.6 is 0 Å². The maximum absolute atomic E-state index is 15.2. The summed E-state index contributed by atoms with van der Waals surface area (Å²) in [5.41, 5.74) is -1.73. The van der Waals surface area contributed by atoms with E-state index >= 15 is 4.39 Å². The van der Waals surface area contributed by atoms with Gasteiger partial charge in [0, 0.05) is 19.3 Å². The lowest BCUT2D eigenvalue weighted by Crippen LogP contribution is -2.48. The molecule has 1 aliphatic carbocycles. The first-order chi connectivity index (χ1) is 17.9. The Morgan fingerprint density at radius 3 is 2.47 bits per heavy atom. The molecule has 0 bridgehead atoms. The molecule has 1 aliphatic heterocycles. The Labute approximate surface area is 215 Å². The van der Waals surface area contributed by atoms with Gasteiger partial charge < -0.3 is 19.9 Å². The molecule has 3 heterocycles. The molecule has 0 unspecified atom stereocenters. The maximum Gasteiger partial charge on any atom is 0.416 e. The molecule has 0 spiro atoms. The Bertz CT molecular complexity index is 1440. The molecular formula is C26H27F4N5O3. The number of carbonyl (C=O) groups excluding carboxylic acids is 1. The predicted octanol–water partition coefficient (Wildman–Crippen LogP) is 4.60. The number of aromatic nitrogens is 3. The topological polar surface area (TPSA) is 100 Å². The predicted molar refractivity (Wildman–Crippen MR) is 131 cm³/mol. The normalized spacial score (nSPS) is 21.0. The lowest BCUT2D eigenvalue weighted by Gasteiger charge is -2.35. The zero-order valence-corrected chi connectivity index (χ0v) is 21.0. The van der Waals surface area contributed by atoms with Crippen molar-refractivity contribution in [3.8, 4) is 0 Å². The van der Waals surface area contributed by atoms with E-state index in [1.54, 1.807) is 4.90 Å². The van der Waals surface area contributed by atoms with Gasteiger partial charge in [0.15, 0.2) is 11.6 Å². The average Bonchev–Trinajstić information content (AvgIpc) is 3.66. The van der Waals surface area contributed by atoms with Crippen LogP contribution in [-0.2, 0) is 10.9 Å². The second-order valence-electron chi connectivity index (χ2n) is 10.1. The minimum atomic E-state index is -4.73. The highest BCUT2D eigenvalue weighted by molar-refractivity contribution is 5.94. The first-order valence-electron chi connectivity index (χ1n) is 12.4. The molecular weight excluding hydrogens is 506 g/mol. The molecule has 38 heavy (non-hydrogen) atoms. The van der Waals surface area contributed by atoms with E-state index in [4.69, 9.17) is 4.74 Å². The fourth-order valence-corrected chi connectivity index (χ4v) is 5.04.